The predicted molar refractivity (Wildman–Crippen MR) is 104 cm³/mol. The lowest BCUT2D eigenvalue weighted by Gasteiger charge is -2.39. The second kappa shape index (κ2) is 8.74. The van der Waals surface area contributed by atoms with Gasteiger partial charge in [0.2, 0.25) is 0 Å². The van der Waals surface area contributed by atoms with Crippen LogP contribution in [0.3, 0.4) is 0 Å². The number of benzene rings is 1. The summed E-state index contributed by atoms with van der Waals surface area (Å²) in [6.07, 6.45) is 0. The van der Waals surface area contributed by atoms with Gasteiger partial charge in [0.15, 0.2) is 0 Å². The molecular formula is C19H30IN5O2. The third kappa shape index (κ3) is 4.72. The first-order valence-electron chi connectivity index (χ1n) is 9.35. The fraction of sp³-hybridized carbons (Fsp3) is 0.579. The minimum absolute atomic E-state index is 0. The Balaban J connectivity index is 0.00000261. The number of quaternary nitrogens is 1. The number of rotatable bonds is 4. The van der Waals surface area contributed by atoms with Gasteiger partial charge in [-0.3, -0.25) is 9.47 Å². The molecule has 1 aliphatic heterocycles. The van der Waals surface area contributed by atoms with E-state index in [9.17, 15) is 9.59 Å². The van der Waals surface area contributed by atoms with Gasteiger partial charge in [0.1, 0.15) is 0 Å². The normalized spacial score (nSPS) is 17.1. The highest BCUT2D eigenvalue weighted by atomic mass is 127. The molecule has 0 radical (unpaired) electrons. The van der Waals surface area contributed by atoms with Crippen molar-refractivity contribution in [3.8, 4) is 0 Å². The van der Waals surface area contributed by atoms with Crippen molar-refractivity contribution in [1.82, 2.24) is 19.4 Å². The van der Waals surface area contributed by atoms with E-state index in [1.54, 1.807) is 4.57 Å². The Morgan fingerprint density at radius 1 is 1.15 bits per heavy atom. The summed E-state index contributed by atoms with van der Waals surface area (Å²) in [5.74, 6) is 0. The largest absolute Gasteiger partial charge is 1.00 e. The third-order valence-electron chi connectivity index (χ3n) is 5.25. The molecule has 1 aromatic carbocycles. The molecular weight excluding hydrogens is 457 g/mol. The number of likely N-dealkylation sites (N-methyl/N-ethyl adjacent to an activating group) is 1. The van der Waals surface area contributed by atoms with E-state index >= 15 is 0 Å². The standard InChI is InChI=1S/C19H29N5O2.HI/c1-15(2)22-16-7-5-6-8-17(16)23(19(22)26)18(25)20-9-10-21-11-13-24(3,4)14-12-21;/h5-8,15H,9-14H2,1-4H3;1H. The summed E-state index contributed by atoms with van der Waals surface area (Å²) in [4.78, 5) is 27.8. The Kier molecular flexibility index (Phi) is 7.09. The lowest BCUT2D eigenvalue weighted by Crippen LogP contribution is -3.00. The molecule has 0 bridgehead atoms. The predicted octanol–water partition coefficient (Wildman–Crippen LogP) is -1.66. The number of nitrogens with zero attached hydrogens (tertiary/aromatic N) is 4. The molecule has 27 heavy (non-hydrogen) atoms. The minimum atomic E-state index is -0.348. The SMILES string of the molecule is CC(C)n1c(=O)n(C(=O)NCCN2CC[N+](C)(C)CC2)c2ccccc21.[I-]. The van der Waals surface area contributed by atoms with Gasteiger partial charge in [-0.25, -0.2) is 14.2 Å². The van der Waals surface area contributed by atoms with E-state index in [4.69, 9.17) is 0 Å². The third-order valence-corrected chi connectivity index (χ3v) is 5.25. The number of halogens is 1. The monoisotopic (exact) mass is 487 g/mol. The van der Waals surface area contributed by atoms with Crippen molar-refractivity contribution in [1.29, 1.82) is 0 Å². The van der Waals surface area contributed by atoms with Crippen LogP contribution in [0.4, 0.5) is 4.79 Å². The maximum atomic E-state index is 12.8. The summed E-state index contributed by atoms with van der Waals surface area (Å²) in [5.41, 5.74) is 1.16. The van der Waals surface area contributed by atoms with Crippen molar-refractivity contribution in [2.75, 3.05) is 53.4 Å². The Labute approximate surface area is 177 Å². The molecule has 1 N–H and O–H groups in total. The summed E-state index contributed by atoms with van der Waals surface area (Å²) >= 11 is 0. The summed E-state index contributed by atoms with van der Waals surface area (Å²) < 4.78 is 3.97. The van der Waals surface area contributed by atoms with Crippen LogP contribution in [-0.2, 0) is 0 Å². The van der Waals surface area contributed by atoms with Crippen molar-refractivity contribution < 1.29 is 33.3 Å². The Morgan fingerprint density at radius 2 is 1.74 bits per heavy atom. The van der Waals surface area contributed by atoms with E-state index < -0.39 is 0 Å². The van der Waals surface area contributed by atoms with Crippen molar-refractivity contribution in [2.24, 2.45) is 0 Å². The van der Waals surface area contributed by atoms with Crippen LogP contribution in [0.5, 0.6) is 0 Å². The van der Waals surface area contributed by atoms with E-state index in [-0.39, 0.29) is 41.7 Å². The van der Waals surface area contributed by atoms with Crippen molar-refractivity contribution >= 4 is 17.1 Å². The molecule has 0 aliphatic carbocycles. The number of nitrogens with one attached hydrogen (secondary N) is 1. The number of piperazine rings is 1. The summed E-state index contributed by atoms with van der Waals surface area (Å²) in [6, 6.07) is 7.09. The first-order valence-corrected chi connectivity index (χ1v) is 9.35. The highest BCUT2D eigenvalue weighted by molar-refractivity contribution is 5.89. The summed E-state index contributed by atoms with van der Waals surface area (Å²) in [5, 5.41) is 2.92. The number of para-hydroxylation sites is 2. The Bertz CT molecular complexity index is 845. The van der Waals surface area contributed by atoms with Crippen LogP contribution >= 0.6 is 0 Å². The molecule has 1 amide bonds. The Hall–Kier alpha value is -1.39. The van der Waals surface area contributed by atoms with Gasteiger partial charge in [0.25, 0.3) is 0 Å². The smallest absolute Gasteiger partial charge is 0.337 e. The van der Waals surface area contributed by atoms with Gasteiger partial charge in [0, 0.05) is 32.2 Å². The second-order valence-electron chi connectivity index (χ2n) is 8.03. The first kappa shape index (κ1) is 21.9. The lowest BCUT2D eigenvalue weighted by molar-refractivity contribution is -0.894. The summed E-state index contributed by atoms with van der Waals surface area (Å²) in [6.45, 7) is 9.57. The van der Waals surface area contributed by atoms with Crippen LogP contribution in [-0.4, -0.2) is 77.9 Å². The number of fused-ring (bicyclic) bond motifs is 1. The van der Waals surface area contributed by atoms with Gasteiger partial charge in [-0.15, -0.1) is 0 Å². The molecule has 1 aliphatic rings. The molecule has 0 unspecified atom stereocenters. The number of amides is 1. The van der Waals surface area contributed by atoms with E-state index in [1.165, 1.54) is 4.57 Å². The molecule has 0 spiro atoms. The van der Waals surface area contributed by atoms with Gasteiger partial charge in [-0.05, 0) is 26.0 Å². The molecule has 1 saturated heterocycles. The number of hydrogen-bond donors (Lipinski definition) is 1. The summed E-state index contributed by atoms with van der Waals surface area (Å²) in [7, 11) is 4.49. The molecule has 2 aromatic rings. The molecule has 3 rings (SSSR count). The van der Waals surface area contributed by atoms with Crippen LogP contribution in [0, 0.1) is 0 Å². The van der Waals surface area contributed by atoms with Crippen LogP contribution in [0.2, 0.25) is 0 Å². The fourth-order valence-corrected chi connectivity index (χ4v) is 3.54. The van der Waals surface area contributed by atoms with Crippen molar-refractivity contribution in [3.63, 3.8) is 0 Å². The van der Waals surface area contributed by atoms with Gasteiger partial charge in [0.05, 0.1) is 38.2 Å². The number of imidazole rings is 1. The molecule has 150 valence electrons. The van der Waals surface area contributed by atoms with Crippen LogP contribution in [0.15, 0.2) is 29.1 Å². The van der Waals surface area contributed by atoms with Gasteiger partial charge in [-0.1, -0.05) is 12.1 Å². The topological polar surface area (TPSA) is 59.3 Å². The maximum Gasteiger partial charge on any atom is 0.337 e. The zero-order chi connectivity index (χ0) is 18.9. The number of carbonyl (C=O) groups is 1. The van der Waals surface area contributed by atoms with Gasteiger partial charge < -0.3 is 33.8 Å². The molecule has 2 heterocycles. The van der Waals surface area contributed by atoms with Crippen molar-refractivity contribution in [3.05, 3.63) is 34.7 Å². The highest BCUT2D eigenvalue weighted by Gasteiger charge is 2.24. The molecule has 1 aromatic heterocycles. The number of aromatic nitrogens is 2. The molecule has 0 saturated carbocycles. The van der Waals surface area contributed by atoms with E-state index in [0.29, 0.717) is 12.1 Å². The molecule has 1 fully saturated rings. The van der Waals surface area contributed by atoms with E-state index in [2.05, 4.69) is 24.3 Å². The minimum Gasteiger partial charge on any atom is -1.00 e. The average Bonchev–Trinajstić information content (AvgIpc) is 2.88. The first-order chi connectivity index (χ1) is 12.3. The van der Waals surface area contributed by atoms with Crippen LogP contribution in [0.25, 0.3) is 11.0 Å². The van der Waals surface area contributed by atoms with Gasteiger partial charge in [-0.2, -0.15) is 0 Å². The number of carbonyl (C=O) groups excluding carboxylic acids is 1. The van der Waals surface area contributed by atoms with Crippen molar-refractivity contribution in [2.45, 2.75) is 19.9 Å². The van der Waals surface area contributed by atoms with Gasteiger partial charge >= 0.3 is 11.7 Å². The zero-order valence-corrected chi connectivity index (χ0v) is 18.8. The fourth-order valence-electron chi connectivity index (χ4n) is 3.54. The average molecular weight is 487 g/mol. The molecule has 8 heteroatoms. The second-order valence-corrected chi connectivity index (χ2v) is 8.03. The number of hydrogen-bond acceptors (Lipinski definition) is 3. The quantitative estimate of drug-likeness (QED) is 0.415. The van der Waals surface area contributed by atoms with Crippen LogP contribution < -0.4 is 35.0 Å². The molecule has 0 atom stereocenters. The Morgan fingerprint density at radius 3 is 2.33 bits per heavy atom. The zero-order valence-electron chi connectivity index (χ0n) is 16.6. The van der Waals surface area contributed by atoms with E-state index in [0.717, 1.165) is 42.7 Å². The highest BCUT2D eigenvalue weighted by Crippen LogP contribution is 2.16. The maximum absolute atomic E-state index is 12.8. The van der Waals surface area contributed by atoms with Crippen LogP contribution in [0.1, 0.15) is 19.9 Å². The lowest BCUT2D eigenvalue weighted by atomic mass is 10.3. The van der Waals surface area contributed by atoms with E-state index in [1.807, 2.05) is 38.1 Å². The molecule has 7 nitrogen and oxygen atoms in total.